The van der Waals surface area contributed by atoms with Gasteiger partial charge in [0.1, 0.15) is 0 Å². The molecule has 2 unspecified atom stereocenters. The third-order valence-electron chi connectivity index (χ3n) is 15.3. The van der Waals surface area contributed by atoms with Crippen LogP contribution in [0.5, 0.6) is 0 Å². The molecule has 0 radical (unpaired) electrons. The van der Waals surface area contributed by atoms with Crippen molar-refractivity contribution in [3.05, 3.63) is 330 Å². The summed E-state index contributed by atoms with van der Waals surface area (Å²) in [4.78, 5) is 2.32. The largest absolute Gasteiger partial charge is 0.310 e. The van der Waals surface area contributed by atoms with E-state index in [0.29, 0.717) is 5.56 Å². The molecule has 14 rings (SSSR count). The minimum Gasteiger partial charge on any atom is -0.310 e. The molecule has 332 valence electrons. The molecule has 1 nitrogen and oxygen atoms in total. The molecular formula is C70H47N. The molecule has 0 fully saturated rings. The Labute approximate surface area is 422 Å². The van der Waals surface area contributed by atoms with Crippen molar-refractivity contribution in [1.29, 1.82) is 0 Å². The summed E-state index contributed by atoms with van der Waals surface area (Å²) in [6.07, 6.45) is 0. The number of hydrogen-bond donors (Lipinski definition) is 0. The van der Waals surface area contributed by atoms with Crippen LogP contribution in [0.4, 0.5) is 17.1 Å². The van der Waals surface area contributed by atoms with Crippen molar-refractivity contribution in [2.24, 2.45) is 0 Å². The molecule has 0 aliphatic heterocycles. The Morgan fingerprint density at radius 2 is 0.676 bits per heavy atom. The normalized spacial score (nSPS) is 17.3. The van der Waals surface area contributed by atoms with E-state index in [1.807, 2.05) is 24.3 Å². The molecule has 0 bridgehead atoms. The Kier molecular flexibility index (Phi) is 8.27. The summed E-state index contributed by atoms with van der Waals surface area (Å²) in [6.45, 7) is 0. The molecule has 1 heteroatoms. The van der Waals surface area contributed by atoms with E-state index < -0.39 is 16.9 Å². The van der Waals surface area contributed by atoms with Crippen molar-refractivity contribution in [2.45, 2.75) is 10.8 Å². The number of rotatable bonds is 8. The van der Waals surface area contributed by atoms with Gasteiger partial charge in [0, 0.05) is 17.1 Å². The number of anilines is 3. The first-order chi connectivity index (χ1) is 37.3. The lowest BCUT2D eigenvalue weighted by atomic mass is 9.67. The van der Waals surface area contributed by atoms with E-state index in [1.165, 1.54) is 66.1 Å². The minimum absolute atomic E-state index is 0.167. The maximum absolute atomic E-state index is 8.90. The maximum Gasteiger partial charge on any atom is 0.0714 e. The minimum atomic E-state index is -0.693. The predicted molar refractivity (Wildman–Crippen MR) is 296 cm³/mol. The molecule has 0 saturated carbocycles. The highest BCUT2D eigenvalue weighted by Gasteiger charge is 2.48. The van der Waals surface area contributed by atoms with E-state index in [-0.39, 0.29) is 29.7 Å². The van der Waals surface area contributed by atoms with Gasteiger partial charge < -0.3 is 4.90 Å². The van der Waals surface area contributed by atoms with Gasteiger partial charge in [-0.25, -0.2) is 0 Å². The molecule has 2 aliphatic rings. The Morgan fingerprint density at radius 1 is 0.268 bits per heavy atom. The van der Waals surface area contributed by atoms with Crippen molar-refractivity contribution in [3.8, 4) is 33.4 Å². The zero-order valence-electron chi connectivity index (χ0n) is 43.7. The molecule has 12 aromatic rings. The second kappa shape index (κ2) is 16.3. The van der Waals surface area contributed by atoms with Gasteiger partial charge in [0.2, 0.25) is 0 Å². The van der Waals surface area contributed by atoms with Crippen LogP contribution in [0.3, 0.4) is 0 Å². The Balaban J connectivity index is 1.04. The first-order valence-corrected chi connectivity index (χ1v) is 24.3. The van der Waals surface area contributed by atoms with Crippen molar-refractivity contribution in [1.82, 2.24) is 0 Å². The number of nitrogens with zero attached hydrogens (tertiary/aromatic N) is 1. The van der Waals surface area contributed by atoms with E-state index in [9.17, 15) is 0 Å². The molecule has 0 N–H and O–H groups in total. The summed E-state index contributed by atoms with van der Waals surface area (Å²) in [5, 5.41) is 4.71. The first kappa shape index (κ1) is 36.0. The van der Waals surface area contributed by atoms with E-state index in [0.717, 1.165) is 39.3 Å². The van der Waals surface area contributed by atoms with Crippen molar-refractivity contribution >= 4 is 38.6 Å². The highest BCUT2D eigenvalue weighted by atomic mass is 15.1. The molecule has 0 saturated heterocycles. The fourth-order valence-corrected chi connectivity index (χ4v) is 12.2. The average Bonchev–Trinajstić information content (AvgIpc) is 3.97. The molecule has 0 amide bonds. The van der Waals surface area contributed by atoms with Crippen LogP contribution < -0.4 is 4.90 Å². The smallest absolute Gasteiger partial charge is 0.0714 e. The molecule has 12 aromatic carbocycles. The van der Waals surface area contributed by atoms with E-state index in [4.69, 9.17) is 6.85 Å². The van der Waals surface area contributed by atoms with Gasteiger partial charge in [0.05, 0.1) is 17.7 Å². The van der Waals surface area contributed by atoms with Gasteiger partial charge in [-0.2, -0.15) is 0 Å². The summed E-state index contributed by atoms with van der Waals surface area (Å²) in [6, 6.07) is 90.5. The Bertz CT molecular complexity index is 4050. The fourth-order valence-electron chi connectivity index (χ4n) is 12.2. The number of benzene rings is 12. The topological polar surface area (TPSA) is 3.24 Å². The lowest BCUT2D eigenvalue weighted by molar-refractivity contribution is 0.769. The van der Waals surface area contributed by atoms with Gasteiger partial charge in [-0.3, -0.25) is 0 Å². The van der Waals surface area contributed by atoms with Gasteiger partial charge >= 0.3 is 0 Å². The quantitative estimate of drug-likeness (QED) is 0.147. The fraction of sp³-hybridized carbons (Fsp3) is 0.0286. The molecule has 0 spiro atoms. The van der Waals surface area contributed by atoms with Crippen LogP contribution in [-0.4, -0.2) is 0 Å². The van der Waals surface area contributed by atoms with Crippen molar-refractivity contribution in [3.63, 3.8) is 0 Å². The van der Waals surface area contributed by atoms with Gasteiger partial charge in [0.25, 0.3) is 0 Å². The van der Waals surface area contributed by atoms with E-state index in [2.05, 4.69) is 235 Å². The predicted octanol–water partition coefficient (Wildman–Crippen LogP) is 17.9. The van der Waals surface area contributed by atoms with Gasteiger partial charge in [-0.1, -0.05) is 236 Å². The van der Waals surface area contributed by atoms with Crippen LogP contribution in [0.2, 0.25) is 0 Å². The summed E-state index contributed by atoms with van der Waals surface area (Å²) >= 11 is 0. The van der Waals surface area contributed by atoms with Crippen LogP contribution in [0, 0.1) is 0 Å². The lowest BCUT2D eigenvalue weighted by Gasteiger charge is -2.36. The van der Waals surface area contributed by atoms with Crippen LogP contribution in [-0.2, 0) is 10.8 Å². The highest BCUT2D eigenvalue weighted by molar-refractivity contribution is 5.94. The van der Waals surface area contributed by atoms with Crippen molar-refractivity contribution < 1.29 is 6.85 Å². The van der Waals surface area contributed by atoms with Crippen LogP contribution in [0.15, 0.2) is 285 Å². The monoisotopic (exact) mass is 906 g/mol. The van der Waals surface area contributed by atoms with Gasteiger partial charge in [-0.05, 0) is 148 Å². The summed E-state index contributed by atoms with van der Waals surface area (Å²) in [5.41, 5.74) is 16.2. The number of hydrogen-bond acceptors (Lipinski definition) is 1. The summed E-state index contributed by atoms with van der Waals surface area (Å²) in [7, 11) is 0. The molecule has 2 aliphatic carbocycles. The molecule has 0 aromatic heterocycles. The Morgan fingerprint density at radius 3 is 1.17 bits per heavy atom. The average molecular weight is 907 g/mol. The molecule has 71 heavy (non-hydrogen) atoms. The third kappa shape index (κ3) is 6.19. The molecular weight excluding hydrogens is 855 g/mol. The number of fused-ring (bicyclic) bond motifs is 8. The molecule has 0 heterocycles. The van der Waals surface area contributed by atoms with Crippen LogP contribution in [0.25, 0.3) is 54.9 Å². The maximum atomic E-state index is 8.90. The second-order valence-corrected chi connectivity index (χ2v) is 18.8. The SMILES string of the molecule is [2H]c1c([2H])c([2H])c(-c2ccc(N(c3ccc4c(c3)C(c3ccccc3)(c3ccc5ccccc5c3)c3ccccc3-4)c3ccc4c(c3)C(c3ccccc3)(c3ccc5ccccc5c3)c3ccccc3-4)cc2)c([2H])c1[2H]. The standard InChI is InChI=1S/C70H47N/c1-4-18-48(19-5-1)51-34-38-58(39-35-51)71(59-40-42-63-61-28-14-16-30-65(61)69(67(63)46-59,54-24-6-2-7-25-54)56-36-32-49-20-10-12-22-52(49)44-56)60-41-43-64-62-29-15-17-31-66(62)70(68(64)47-60,55-26-8-3-9-27-55)57-37-33-50-21-11-13-23-53(50)45-57/h1-47H/i1D,4D,5D,18D,19D. The summed E-state index contributed by atoms with van der Waals surface area (Å²) in [5.74, 6) is 0. The van der Waals surface area contributed by atoms with Gasteiger partial charge in [-0.15, -0.1) is 0 Å². The van der Waals surface area contributed by atoms with Crippen LogP contribution in [0.1, 0.15) is 51.4 Å². The third-order valence-corrected chi connectivity index (χ3v) is 15.3. The van der Waals surface area contributed by atoms with Crippen LogP contribution >= 0.6 is 0 Å². The second-order valence-electron chi connectivity index (χ2n) is 18.8. The highest BCUT2D eigenvalue weighted by Crippen LogP contribution is 2.60. The lowest BCUT2D eigenvalue weighted by Crippen LogP contribution is -2.29. The zero-order chi connectivity index (χ0) is 51.3. The van der Waals surface area contributed by atoms with Gasteiger partial charge in [0.15, 0.2) is 0 Å². The first-order valence-electron chi connectivity index (χ1n) is 26.8. The van der Waals surface area contributed by atoms with E-state index in [1.54, 1.807) is 0 Å². The van der Waals surface area contributed by atoms with Crippen molar-refractivity contribution in [2.75, 3.05) is 4.90 Å². The Hall–Kier alpha value is -9.04. The van der Waals surface area contributed by atoms with E-state index >= 15 is 0 Å². The summed E-state index contributed by atoms with van der Waals surface area (Å²) < 4.78 is 43.1. The zero-order valence-corrected chi connectivity index (χ0v) is 38.7. The molecule has 2 atom stereocenters.